The van der Waals surface area contributed by atoms with Crippen LogP contribution in [0, 0.1) is 0 Å². The van der Waals surface area contributed by atoms with Gasteiger partial charge in [0.2, 0.25) is 15.9 Å². The Morgan fingerprint density at radius 1 is 1.23 bits per heavy atom. The van der Waals surface area contributed by atoms with Crippen LogP contribution in [0.2, 0.25) is 5.02 Å². The van der Waals surface area contributed by atoms with Crippen LogP contribution in [-0.4, -0.2) is 27.5 Å². The van der Waals surface area contributed by atoms with Crippen LogP contribution in [0.4, 0.5) is 5.69 Å². The fourth-order valence-electron chi connectivity index (χ4n) is 2.36. The number of methoxy groups -OCH3 is 1. The lowest BCUT2D eigenvalue weighted by Gasteiger charge is -2.16. The maximum absolute atomic E-state index is 12.5. The first kappa shape index (κ1) is 20.2. The predicted molar refractivity (Wildman–Crippen MR) is 102 cm³/mol. The van der Waals surface area contributed by atoms with E-state index in [1.54, 1.807) is 6.07 Å². The molecule has 0 aliphatic heterocycles. The average Bonchev–Trinajstić information content (AvgIpc) is 2.61. The minimum absolute atomic E-state index is 0.0445. The number of carbonyl (C=O) groups excluding carboxylic acids is 1. The predicted octanol–water partition coefficient (Wildman–Crippen LogP) is 3.22. The van der Waals surface area contributed by atoms with Gasteiger partial charge in [-0.2, -0.15) is 4.72 Å². The van der Waals surface area contributed by atoms with Gasteiger partial charge in [0.1, 0.15) is 5.75 Å². The Morgan fingerprint density at radius 2 is 1.92 bits per heavy atom. The minimum Gasteiger partial charge on any atom is -0.495 e. The van der Waals surface area contributed by atoms with Crippen molar-refractivity contribution in [3.63, 3.8) is 0 Å². The lowest BCUT2D eigenvalue weighted by atomic mass is 10.1. The molecule has 6 nitrogen and oxygen atoms in total. The van der Waals surface area contributed by atoms with Gasteiger partial charge in [0.15, 0.2) is 0 Å². The maximum atomic E-state index is 12.5. The molecule has 2 rings (SSSR count). The number of anilines is 1. The summed E-state index contributed by atoms with van der Waals surface area (Å²) in [4.78, 5) is 12.3. The number of hydrogen-bond donors (Lipinski definition) is 2. The number of amides is 1. The molecule has 0 aliphatic carbocycles. The summed E-state index contributed by atoms with van der Waals surface area (Å²) < 4.78 is 32.3. The van der Waals surface area contributed by atoms with Crippen LogP contribution in [0.25, 0.3) is 0 Å². The lowest BCUT2D eigenvalue weighted by Crippen LogP contribution is -2.41. The first-order chi connectivity index (χ1) is 12.3. The zero-order valence-corrected chi connectivity index (χ0v) is 16.3. The van der Waals surface area contributed by atoms with E-state index >= 15 is 0 Å². The molecule has 0 saturated heterocycles. The van der Waals surface area contributed by atoms with Gasteiger partial charge in [-0.25, -0.2) is 8.42 Å². The Morgan fingerprint density at radius 3 is 2.54 bits per heavy atom. The number of sulfonamides is 1. The van der Waals surface area contributed by atoms with E-state index in [-0.39, 0.29) is 9.92 Å². The summed E-state index contributed by atoms with van der Waals surface area (Å²) in [6, 6.07) is 10.5. The van der Waals surface area contributed by atoms with Crippen LogP contribution in [0.1, 0.15) is 19.4 Å². The smallest absolute Gasteiger partial charge is 0.242 e. The van der Waals surface area contributed by atoms with Crippen molar-refractivity contribution in [2.45, 2.75) is 31.2 Å². The summed E-state index contributed by atoms with van der Waals surface area (Å²) in [6.45, 7) is 3.46. The molecule has 1 amide bonds. The first-order valence-electron chi connectivity index (χ1n) is 8.03. The molecule has 0 unspecified atom stereocenters. The monoisotopic (exact) mass is 396 g/mol. The van der Waals surface area contributed by atoms with E-state index in [2.05, 4.69) is 10.0 Å². The van der Waals surface area contributed by atoms with Gasteiger partial charge in [0, 0.05) is 5.69 Å². The summed E-state index contributed by atoms with van der Waals surface area (Å²) in [6.07, 6.45) is 0.751. The van der Waals surface area contributed by atoms with E-state index in [1.807, 2.05) is 25.1 Å². The molecule has 0 bridgehead atoms. The van der Waals surface area contributed by atoms with Crippen molar-refractivity contribution in [3.8, 4) is 5.75 Å². The molecule has 0 fully saturated rings. The molecule has 2 aromatic rings. The molecular weight excluding hydrogens is 376 g/mol. The molecule has 0 aromatic heterocycles. The largest absolute Gasteiger partial charge is 0.495 e. The number of rotatable bonds is 7. The number of aryl methyl sites for hydroxylation is 1. The van der Waals surface area contributed by atoms with E-state index in [9.17, 15) is 13.2 Å². The molecule has 0 heterocycles. The third kappa shape index (κ3) is 4.75. The lowest BCUT2D eigenvalue weighted by molar-refractivity contribution is -0.117. The summed E-state index contributed by atoms with van der Waals surface area (Å²) in [5.74, 6) is -0.0818. The Bertz CT molecular complexity index is 900. The highest BCUT2D eigenvalue weighted by atomic mass is 35.5. The van der Waals surface area contributed by atoms with Crippen molar-refractivity contribution in [2.24, 2.45) is 0 Å². The Labute approximate surface area is 158 Å². The summed E-state index contributed by atoms with van der Waals surface area (Å²) in [7, 11) is -2.47. The van der Waals surface area contributed by atoms with Crippen LogP contribution >= 0.6 is 11.6 Å². The second kappa shape index (κ2) is 8.53. The minimum atomic E-state index is -3.91. The van der Waals surface area contributed by atoms with Crippen LogP contribution in [-0.2, 0) is 21.2 Å². The number of halogens is 1. The molecule has 8 heteroatoms. The van der Waals surface area contributed by atoms with Gasteiger partial charge in [-0.05, 0) is 43.2 Å². The van der Waals surface area contributed by atoms with Gasteiger partial charge >= 0.3 is 0 Å². The van der Waals surface area contributed by atoms with Crippen molar-refractivity contribution in [2.75, 3.05) is 12.4 Å². The molecule has 0 radical (unpaired) electrons. The molecule has 140 valence electrons. The normalized spacial score (nSPS) is 12.5. The van der Waals surface area contributed by atoms with Crippen molar-refractivity contribution in [3.05, 3.63) is 53.1 Å². The summed E-state index contributed by atoms with van der Waals surface area (Å²) in [5.41, 5.74) is 1.64. The van der Waals surface area contributed by atoms with Gasteiger partial charge in [0.05, 0.1) is 23.1 Å². The SMILES string of the molecule is CCc1ccccc1NC(=O)[C@@H](C)NS(=O)(=O)c1ccc(OC)c(Cl)c1. The summed E-state index contributed by atoms with van der Waals surface area (Å²) >= 11 is 5.98. The highest BCUT2D eigenvalue weighted by Gasteiger charge is 2.23. The quantitative estimate of drug-likeness (QED) is 0.752. The van der Waals surface area contributed by atoms with E-state index in [4.69, 9.17) is 16.3 Å². The second-order valence-corrected chi connectivity index (χ2v) is 7.76. The van der Waals surface area contributed by atoms with E-state index < -0.39 is 22.0 Å². The highest BCUT2D eigenvalue weighted by molar-refractivity contribution is 7.89. The fourth-order valence-corrected chi connectivity index (χ4v) is 3.91. The zero-order valence-electron chi connectivity index (χ0n) is 14.7. The number of nitrogens with one attached hydrogen (secondary N) is 2. The van der Waals surface area contributed by atoms with E-state index in [0.29, 0.717) is 11.4 Å². The summed E-state index contributed by atoms with van der Waals surface area (Å²) in [5, 5.41) is 2.92. The zero-order chi connectivity index (χ0) is 19.3. The third-order valence-electron chi connectivity index (χ3n) is 3.81. The standard InChI is InChI=1S/C18H21ClN2O4S/c1-4-13-7-5-6-8-16(13)20-18(22)12(2)21-26(23,24)14-9-10-17(25-3)15(19)11-14/h5-12,21H,4H2,1-3H3,(H,20,22)/t12-/m1/s1. The van der Waals surface area contributed by atoms with Crippen molar-refractivity contribution in [1.29, 1.82) is 0 Å². The number of ether oxygens (including phenoxy) is 1. The van der Waals surface area contributed by atoms with Crippen molar-refractivity contribution in [1.82, 2.24) is 4.72 Å². The van der Waals surface area contributed by atoms with Gasteiger partial charge in [-0.3, -0.25) is 4.79 Å². The number of hydrogen-bond acceptors (Lipinski definition) is 4. The molecule has 0 saturated carbocycles. The van der Waals surface area contributed by atoms with Gasteiger partial charge in [0.25, 0.3) is 0 Å². The van der Waals surface area contributed by atoms with Crippen LogP contribution in [0.3, 0.4) is 0 Å². The number of benzene rings is 2. The van der Waals surface area contributed by atoms with Crippen molar-refractivity contribution >= 4 is 33.2 Å². The molecule has 0 aliphatic rings. The highest BCUT2D eigenvalue weighted by Crippen LogP contribution is 2.27. The van der Waals surface area contributed by atoms with Crippen molar-refractivity contribution < 1.29 is 17.9 Å². The molecule has 26 heavy (non-hydrogen) atoms. The molecule has 1 atom stereocenters. The molecular formula is C18H21ClN2O4S. The van der Waals surface area contributed by atoms with Crippen LogP contribution in [0.5, 0.6) is 5.75 Å². The van der Waals surface area contributed by atoms with Gasteiger partial charge < -0.3 is 10.1 Å². The average molecular weight is 397 g/mol. The van der Waals surface area contributed by atoms with Crippen LogP contribution < -0.4 is 14.8 Å². The second-order valence-electron chi connectivity index (χ2n) is 5.64. The van der Waals surface area contributed by atoms with Crippen LogP contribution in [0.15, 0.2) is 47.4 Å². The molecule has 2 N–H and O–H groups in total. The number of carbonyl (C=O) groups is 1. The van der Waals surface area contributed by atoms with Gasteiger partial charge in [-0.1, -0.05) is 36.7 Å². The molecule has 0 spiro atoms. The molecule has 2 aromatic carbocycles. The van der Waals surface area contributed by atoms with E-state index in [1.165, 1.54) is 32.2 Å². The third-order valence-corrected chi connectivity index (χ3v) is 5.65. The Hall–Kier alpha value is -2.09. The van der Waals surface area contributed by atoms with E-state index in [0.717, 1.165) is 12.0 Å². The Kier molecular flexibility index (Phi) is 6.63. The van der Waals surface area contributed by atoms with Gasteiger partial charge in [-0.15, -0.1) is 0 Å². The Balaban J connectivity index is 2.13. The number of para-hydroxylation sites is 1. The fraction of sp³-hybridized carbons (Fsp3) is 0.278. The topological polar surface area (TPSA) is 84.5 Å². The first-order valence-corrected chi connectivity index (χ1v) is 9.89. The maximum Gasteiger partial charge on any atom is 0.242 e.